The van der Waals surface area contributed by atoms with Crippen molar-refractivity contribution in [3.8, 4) is 11.1 Å². The molecule has 0 saturated carbocycles. The molecule has 0 fully saturated rings. The van der Waals surface area contributed by atoms with Gasteiger partial charge in [0.25, 0.3) is 0 Å². The Morgan fingerprint density at radius 1 is 0.742 bits per heavy atom. The average molecular weight is 408 g/mol. The van der Waals surface area contributed by atoms with E-state index in [1.165, 1.54) is 55.8 Å². The Labute approximate surface area is 187 Å². The first-order valence-corrected chi connectivity index (χ1v) is 11.5. The van der Waals surface area contributed by atoms with Gasteiger partial charge in [-0.3, -0.25) is 0 Å². The van der Waals surface area contributed by atoms with E-state index in [4.69, 9.17) is 0 Å². The van der Waals surface area contributed by atoms with Gasteiger partial charge in [-0.25, -0.2) is 0 Å². The molecule has 1 spiro atoms. The molecule has 1 heteroatoms. The Hall–Kier alpha value is -3.06. The molecule has 0 atom stereocenters. The molecule has 2 aliphatic carbocycles. The van der Waals surface area contributed by atoms with Gasteiger partial charge >= 0.3 is 0 Å². The first-order chi connectivity index (χ1) is 15.2. The lowest BCUT2D eigenvalue weighted by Gasteiger charge is -2.31. The van der Waals surface area contributed by atoms with Crippen molar-refractivity contribution >= 4 is 5.57 Å². The molecule has 0 radical (unpaired) electrons. The Bertz CT molecular complexity index is 1150. The zero-order chi connectivity index (χ0) is 22.2. The SMILES string of the molecule is CC.CC/C(C)=C(\NC)C1=C(C)C2(c3ccccc31)c1ccccc1-c1ccccc12. The third-order valence-corrected chi connectivity index (χ3v) is 6.95. The maximum absolute atomic E-state index is 3.54. The van der Waals surface area contributed by atoms with Crippen LogP contribution in [-0.2, 0) is 5.41 Å². The standard InChI is InChI=1S/C28H27N.C2H6/c1-5-18(2)27(29-4)26-19(3)28(25-17-11-8-14-22(25)26)23-15-9-6-12-20(23)21-13-7-10-16-24(21)28;1-2/h6-17,29H,5H2,1-4H3;1-2H3/b27-18-;. The minimum Gasteiger partial charge on any atom is -0.388 e. The van der Waals surface area contributed by atoms with E-state index in [-0.39, 0.29) is 5.41 Å². The molecule has 0 bridgehead atoms. The van der Waals surface area contributed by atoms with E-state index in [2.05, 4.69) is 106 Å². The summed E-state index contributed by atoms with van der Waals surface area (Å²) >= 11 is 0. The number of nitrogens with one attached hydrogen (secondary N) is 1. The number of hydrogen-bond donors (Lipinski definition) is 1. The summed E-state index contributed by atoms with van der Waals surface area (Å²) in [5.74, 6) is 0. The molecule has 0 amide bonds. The predicted octanol–water partition coefficient (Wildman–Crippen LogP) is 7.72. The van der Waals surface area contributed by atoms with E-state index in [1.807, 2.05) is 13.8 Å². The Balaban J connectivity index is 0.00000112. The third kappa shape index (κ3) is 2.76. The number of fused-ring (bicyclic) bond motifs is 7. The molecule has 5 rings (SSSR count). The largest absolute Gasteiger partial charge is 0.388 e. The highest BCUT2D eigenvalue weighted by Crippen LogP contribution is 2.62. The topological polar surface area (TPSA) is 12.0 Å². The third-order valence-electron chi connectivity index (χ3n) is 6.95. The highest BCUT2D eigenvalue weighted by molar-refractivity contribution is 5.97. The van der Waals surface area contributed by atoms with Crippen molar-refractivity contribution in [2.24, 2.45) is 0 Å². The van der Waals surface area contributed by atoms with E-state index >= 15 is 0 Å². The molecule has 0 aromatic heterocycles. The van der Waals surface area contributed by atoms with E-state index in [0.717, 1.165) is 6.42 Å². The zero-order valence-electron chi connectivity index (χ0n) is 19.6. The molecule has 3 aromatic rings. The molecular weight excluding hydrogens is 374 g/mol. The second-order valence-corrected chi connectivity index (χ2v) is 8.15. The molecule has 0 aliphatic heterocycles. The predicted molar refractivity (Wildman–Crippen MR) is 134 cm³/mol. The Kier molecular flexibility index (Phi) is 5.62. The maximum atomic E-state index is 3.54. The number of allylic oxidation sites excluding steroid dienone is 3. The lowest BCUT2D eigenvalue weighted by atomic mass is 9.70. The smallest absolute Gasteiger partial charge is 0.0686 e. The van der Waals surface area contributed by atoms with Crippen molar-refractivity contribution in [3.05, 3.63) is 112 Å². The van der Waals surface area contributed by atoms with Gasteiger partial charge in [-0.2, -0.15) is 0 Å². The lowest BCUT2D eigenvalue weighted by molar-refractivity contribution is 0.765. The molecule has 2 aliphatic rings. The summed E-state index contributed by atoms with van der Waals surface area (Å²) in [4.78, 5) is 0. The van der Waals surface area contributed by atoms with Crippen molar-refractivity contribution in [3.63, 3.8) is 0 Å². The summed E-state index contributed by atoms with van der Waals surface area (Å²) < 4.78 is 0. The second-order valence-electron chi connectivity index (χ2n) is 8.15. The summed E-state index contributed by atoms with van der Waals surface area (Å²) in [6.45, 7) is 10.8. The zero-order valence-corrected chi connectivity index (χ0v) is 19.6. The summed E-state index contributed by atoms with van der Waals surface area (Å²) in [6.07, 6.45) is 1.04. The maximum Gasteiger partial charge on any atom is 0.0686 e. The van der Waals surface area contributed by atoms with Crippen LogP contribution in [-0.4, -0.2) is 7.05 Å². The van der Waals surface area contributed by atoms with Gasteiger partial charge in [0, 0.05) is 18.3 Å². The molecule has 0 unspecified atom stereocenters. The van der Waals surface area contributed by atoms with Crippen LogP contribution in [0.1, 0.15) is 63.3 Å². The van der Waals surface area contributed by atoms with E-state index in [1.54, 1.807) is 0 Å². The lowest BCUT2D eigenvalue weighted by Crippen LogP contribution is -2.26. The van der Waals surface area contributed by atoms with E-state index in [9.17, 15) is 0 Å². The fourth-order valence-corrected chi connectivity index (χ4v) is 5.60. The Morgan fingerprint density at radius 3 is 1.61 bits per heavy atom. The highest BCUT2D eigenvalue weighted by atomic mass is 14.8. The number of rotatable bonds is 3. The summed E-state index contributed by atoms with van der Waals surface area (Å²) in [5, 5.41) is 3.54. The van der Waals surface area contributed by atoms with Crippen LogP contribution in [0.3, 0.4) is 0 Å². The average Bonchev–Trinajstić information content (AvgIpc) is 3.28. The summed E-state index contributed by atoms with van der Waals surface area (Å²) in [5.41, 5.74) is 13.6. The van der Waals surface area contributed by atoms with Crippen molar-refractivity contribution in [2.45, 2.75) is 46.5 Å². The number of benzene rings is 3. The number of likely N-dealkylation sites (N-methyl/N-ethyl adjacent to an activating group) is 1. The fraction of sp³-hybridized carbons (Fsp3) is 0.267. The van der Waals surface area contributed by atoms with Crippen LogP contribution in [0.25, 0.3) is 16.7 Å². The van der Waals surface area contributed by atoms with Crippen LogP contribution in [0.15, 0.2) is 89.6 Å². The fourth-order valence-electron chi connectivity index (χ4n) is 5.60. The summed E-state index contributed by atoms with van der Waals surface area (Å²) in [7, 11) is 2.05. The first kappa shape index (κ1) is 21.2. The number of hydrogen-bond acceptors (Lipinski definition) is 1. The van der Waals surface area contributed by atoms with Crippen LogP contribution < -0.4 is 5.32 Å². The monoisotopic (exact) mass is 407 g/mol. The van der Waals surface area contributed by atoms with Crippen molar-refractivity contribution in [1.29, 1.82) is 0 Å². The molecular formula is C30H33N. The van der Waals surface area contributed by atoms with Crippen molar-refractivity contribution < 1.29 is 0 Å². The molecule has 0 heterocycles. The van der Waals surface area contributed by atoms with Gasteiger partial charge in [0.15, 0.2) is 0 Å². The Morgan fingerprint density at radius 2 is 1.16 bits per heavy atom. The molecule has 0 saturated heterocycles. The summed E-state index contributed by atoms with van der Waals surface area (Å²) in [6, 6.07) is 26.9. The van der Waals surface area contributed by atoms with Crippen molar-refractivity contribution in [1.82, 2.24) is 5.32 Å². The van der Waals surface area contributed by atoms with Gasteiger partial charge in [-0.1, -0.05) is 93.6 Å². The van der Waals surface area contributed by atoms with E-state index < -0.39 is 0 Å². The minimum atomic E-state index is -0.213. The van der Waals surface area contributed by atoms with Crippen LogP contribution in [0, 0.1) is 0 Å². The van der Waals surface area contributed by atoms with Crippen LogP contribution >= 0.6 is 0 Å². The molecule has 158 valence electrons. The van der Waals surface area contributed by atoms with Crippen molar-refractivity contribution in [2.75, 3.05) is 7.05 Å². The van der Waals surface area contributed by atoms with Crippen LogP contribution in [0.5, 0.6) is 0 Å². The highest BCUT2D eigenvalue weighted by Gasteiger charge is 2.51. The molecule has 1 nitrogen and oxygen atoms in total. The normalized spacial score (nSPS) is 15.5. The molecule has 31 heavy (non-hydrogen) atoms. The van der Waals surface area contributed by atoms with Gasteiger partial charge in [0.05, 0.1) is 5.41 Å². The van der Waals surface area contributed by atoms with Gasteiger partial charge < -0.3 is 5.32 Å². The van der Waals surface area contributed by atoms with Crippen LogP contribution in [0.4, 0.5) is 0 Å². The van der Waals surface area contributed by atoms with Gasteiger partial charge in [-0.05, 0) is 64.8 Å². The van der Waals surface area contributed by atoms with Gasteiger partial charge in [0.1, 0.15) is 0 Å². The minimum absolute atomic E-state index is 0.213. The molecule has 3 aromatic carbocycles. The second kappa shape index (κ2) is 8.23. The van der Waals surface area contributed by atoms with Crippen LogP contribution in [0.2, 0.25) is 0 Å². The van der Waals surface area contributed by atoms with Gasteiger partial charge in [0.2, 0.25) is 0 Å². The first-order valence-electron chi connectivity index (χ1n) is 11.5. The quantitative estimate of drug-likeness (QED) is 0.468. The van der Waals surface area contributed by atoms with Gasteiger partial charge in [-0.15, -0.1) is 0 Å². The molecule has 1 N–H and O–H groups in total. The van der Waals surface area contributed by atoms with E-state index in [0.29, 0.717) is 0 Å².